The van der Waals surface area contributed by atoms with E-state index in [9.17, 15) is 9.59 Å². The van der Waals surface area contributed by atoms with Crippen molar-refractivity contribution < 1.29 is 14.7 Å². The Balaban J connectivity index is 1.97. The van der Waals surface area contributed by atoms with E-state index in [1.54, 1.807) is 0 Å². The summed E-state index contributed by atoms with van der Waals surface area (Å²) in [5.41, 5.74) is 2.21. The van der Waals surface area contributed by atoms with Crippen molar-refractivity contribution in [2.24, 2.45) is 0 Å². The Morgan fingerprint density at radius 2 is 1.95 bits per heavy atom. The van der Waals surface area contributed by atoms with Crippen LogP contribution in [-0.4, -0.2) is 34.5 Å². The quantitative estimate of drug-likeness (QED) is 0.906. The van der Waals surface area contributed by atoms with Crippen molar-refractivity contribution >= 4 is 11.9 Å². The molecule has 4 nitrogen and oxygen atoms in total. The molecule has 4 heteroatoms. The van der Waals surface area contributed by atoms with Gasteiger partial charge in [0.1, 0.15) is 0 Å². The van der Waals surface area contributed by atoms with Crippen LogP contribution in [0.3, 0.4) is 0 Å². The maximum Gasteiger partial charge on any atom is 0.303 e. The third-order valence-electron chi connectivity index (χ3n) is 4.11. The van der Waals surface area contributed by atoms with E-state index in [1.807, 2.05) is 36.1 Å². The zero-order chi connectivity index (χ0) is 15.2. The molecule has 21 heavy (non-hydrogen) atoms. The number of carbonyl (C=O) groups is 2. The summed E-state index contributed by atoms with van der Waals surface area (Å²) in [6.45, 7) is 2.78. The molecule has 1 saturated heterocycles. The largest absolute Gasteiger partial charge is 0.481 e. The zero-order valence-corrected chi connectivity index (χ0v) is 12.5. The monoisotopic (exact) mass is 289 g/mol. The van der Waals surface area contributed by atoms with Crippen LogP contribution in [0, 0.1) is 6.92 Å². The lowest BCUT2D eigenvalue weighted by atomic mass is 9.97. The molecule has 1 N–H and O–H groups in total. The van der Waals surface area contributed by atoms with Crippen molar-refractivity contribution in [2.75, 3.05) is 6.54 Å². The molecule has 1 aliphatic heterocycles. The predicted molar refractivity (Wildman–Crippen MR) is 81.1 cm³/mol. The van der Waals surface area contributed by atoms with Gasteiger partial charge in [0, 0.05) is 19.0 Å². The summed E-state index contributed by atoms with van der Waals surface area (Å²) >= 11 is 0. The van der Waals surface area contributed by atoms with Crippen LogP contribution in [0.15, 0.2) is 24.3 Å². The molecule has 0 aromatic heterocycles. The second-order valence-corrected chi connectivity index (χ2v) is 5.83. The van der Waals surface area contributed by atoms with E-state index < -0.39 is 5.97 Å². The van der Waals surface area contributed by atoms with Crippen LogP contribution in [0.4, 0.5) is 0 Å². The lowest BCUT2D eigenvalue weighted by Gasteiger charge is -2.35. The number of carboxylic acids is 1. The van der Waals surface area contributed by atoms with Crippen molar-refractivity contribution in [3.63, 3.8) is 0 Å². The minimum absolute atomic E-state index is 0.0906. The highest BCUT2D eigenvalue weighted by molar-refractivity contribution is 5.79. The van der Waals surface area contributed by atoms with Gasteiger partial charge in [0.05, 0.1) is 6.42 Å². The average Bonchev–Trinajstić information content (AvgIpc) is 2.47. The van der Waals surface area contributed by atoms with Gasteiger partial charge in [0.25, 0.3) is 0 Å². The normalized spacial score (nSPS) is 18.5. The van der Waals surface area contributed by atoms with E-state index in [1.165, 1.54) is 5.56 Å². The van der Waals surface area contributed by atoms with E-state index in [0.717, 1.165) is 31.4 Å². The van der Waals surface area contributed by atoms with Crippen molar-refractivity contribution in [1.29, 1.82) is 0 Å². The molecule has 1 aliphatic rings. The van der Waals surface area contributed by atoms with Gasteiger partial charge in [-0.1, -0.05) is 29.8 Å². The van der Waals surface area contributed by atoms with Gasteiger partial charge in [0.15, 0.2) is 0 Å². The lowest BCUT2D eigenvalue weighted by molar-refractivity contribution is -0.139. The Kier molecular flexibility index (Phi) is 5.37. The lowest BCUT2D eigenvalue weighted by Crippen LogP contribution is -2.44. The third-order valence-corrected chi connectivity index (χ3v) is 4.11. The molecule has 0 unspecified atom stereocenters. The van der Waals surface area contributed by atoms with E-state index in [0.29, 0.717) is 12.8 Å². The molecular weight excluding hydrogens is 266 g/mol. The van der Waals surface area contributed by atoms with Gasteiger partial charge in [-0.3, -0.25) is 9.59 Å². The number of rotatable bonds is 5. The Hall–Kier alpha value is -1.84. The fourth-order valence-corrected chi connectivity index (χ4v) is 2.90. The van der Waals surface area contributed by atoms with E-state index in [2.05, 4.69) is 0 Å². The number of carboxylic acid groups (broad SMARTS) is 1. The highest BCUT2D eigenvalue weighted by Crippen LogP contribution is 2.22. The molecule has 114 valence electrons. The molecule has 1 aromatic rings. The van der Waals surface area contributed by atoms with Gasteiger partial charge in [-0.2, -0.15) is 0 Å². The maximum absolute atomic E-state index is 12.5. The Labute approximate surface area is 125 Å². The van der Waals surface area contributed by atoms with Gasteiger partial charge >= 0.3 is 5.97 Å². The van der Waals surface area contributed by atoms with Crippen molar-refractivity contribution in [1.82, 2.24) is 4.90 Å². The second-order valence-electron chi connectivity index (χ2n) is 5.83. The Morgan fingerprint density at radius 3 is 2.62 bits per heavy atom. The minimum atomic E-state index is -0.786. The van der Waals surface area contributed by atoms with E-state index >= 15 is 0 Å². The Bertz CT molecular complexity index is 495. The second kappa shape index (κ2) is 7.25. The van der Waals surface area contributed by atoms with Crippen LogP contribution in [0.25, 0.3) is 0 Å². The molecule has 1 amide bonds. The van der Waals surface area contributed by atoms with Gasteiger partial charge < -0.3 is 10.0 Å². The number of amides is 1. The molecule has 0 aliphatic carbocycles. The number of aliphatic carboxylic acids is 1. The fourth-order valence-electron chi connectivity index (χ4n) is 2.90. The maximum atomic E-state index is 12.5. The molecule has 1 heterocycles. The summed E-state index contributed by atoms with van der Waals surface area (Å²) in [6, 6.07) is 8.10. The molecule has 0 saturated carbocycles. The summed E-state index contributed by atoms with van der Waals surface area (Å²) in [5, 5.41) is 8.83. The zero-order valence-electron chi connectivity index (χ0n) is 12.5. The summed E-state index contributed by atoms with van der Waals surface area (Å²) in [4.78, 5) is 25.1. The van der Waals surface area contributed by atoms with Crippen LogP contribution in [0.5, 0.6) is 0 Å². The number of piperidine rings is 1. The standard InChI is InChI=1S/C17H23NO3/c1-13-5-7-14(8-6-13)12-16(19)18-11-3-2-4-15(18)9-10-17(20)21/h5-8,15H,2-4,9-12H2,1H3,(H,20,21)/t15-/m1/s1. The molecule has 1 aromatic carbocycles. The number of nitrogens with zero attached hydrogens (tertiary/aromatic N) is 1. The molecule has 2 rings (SSSR count). The third kappa shape index (κ3) is 4.59. The number of benzene rings is 1. The first-order chi connectivity index (χ1) is 10.1. The Morgan fingerprint density at radius 1 is 1.24 bits per heavy atom. The van der Waals surface area contributed by atoms with Crippen LogP contribution in [0.1, 0.15) is 43.2 Å². The molecule has 1 fully saturated rings. The van der Waals surface area contributed by atoms with Crippen molar-refractivity contribution in [2.45, 2.75) is 51.5 Å². The van der Waals surface area contributed by atoms with E-state index in [4.69, 9.17) is 5.11 Å². The van der Waals surface area contributed by atoms with E-state index in [-0.39, 0.29) is 18.4 Å². The molecular formula is C17H23NO3. The highest BCUT2D eigenvalue weighted by atomic mass is 16.4. The van der Waals surface area contributed by atoms with Crippen LogP contribution >= 0.6 is 0 Å². The number of hydrogen-bond donors (Lipinski definition) is 1. The number of aryl methyl sites for hydroxylation is 1. The first-order valence-corrected chi connectivity index (χ1v) is 7.63. The summed E-state index contributed by atoms with van der Waals surface area (Å²) in [5.74, 6) is -0.666. The minimum Gasteiger partial charge on any atom is -0.481 e. The number of carbonyl (C=O) groups excluding carboxylic acids is 1. The SMILES string of the molecule is Cc1ccc(CC(=O)N2CCCC[C@@H]2CCC(=O)O)cc1. The first-order valence-electron chi connectivity index (χ1n) is 7.63. The van der Waals surface area contributed by atoms with Crippen molar-refractivity contribution in [3.05, 3.63) is 35.4 Å². The average molecular weight is 289 g/mol. The van der Waals surface area contributed by atoms with Crippen LogP contribution < -0.4 is 0 Å². The van der Waals surface area contributed by atoms with Gasteiger partial charge in [0.2, 0.25) is 5.91 Å². The summed E-state index contributed by atoms with van der Waals surface area (Å²) < 4.78 is 0. The summed E-state index contributed by atoms with van der Waals surface area (Å²) in [7, 11) is 0. The number of hydrogen-bond acceptors (Lipinski definition) is 2. The van der Waals surface area contributed by atoms with Gasteiger partial charge in [-0.15, -0.1) is 0 Å². The molecule has 0 radical (unpaired) electrons. The molecule has 0 spiro atoms. The predicted octanol–water partition coefficient (Wildman–Crippen LogP) is 2.78. The van der Waals surface area contributed by atoms with Crippen molar-refractivity contribution in [3.8, 4) is 0 Å². The first kappa shape index (κ1) is 15.5. The van der Waals surface area contributed by atoms with Gasteiger partial charge in [-0.25, -0.2) is 0 Å². The molecule has 1 atom stereocenters. The fraction of sp³-hybridized carbons (Fsp3) is 0.529. The topological polar surface area (TPSA) is 57.6 Å². The summed E-state index contributed by atoms with van der Waals surface area (Å²) in [6.07, 6.45) is 4.13. The molecule has 0 bridgehead atoms. The smallest absolute Gasteiger partial charge is 0.303 e. The highest BCUT2D eigenvalue weighted by Gasteiger charge is 2.26. The van der Waals surface area contributed by atoms with Crippen LogP contribution in [-0.2, 0) is 16.0 Å². The number of likely N-dealkylation sites (tertiary alicyclic amines) is 1. The van der Waals surface area contributed by atoms with Gasteiger partial charge in [-0.05, 0) is 38.2 Å². The van der Waals surface area contributed by atoms with Crippen LogP contribution in [0.2, 0.25) is 0 Å².